The van der Waals surface area contributed by atoms with Crippen LogP contribution in [0, 0.1) is 152 Å². The minimum absolute atomic E-state index is 0. The van der Waals surface area contributed by atoms with Crippen molar-refractivity contribution in [3.63, 3.8) is 0 Å². The number of esters is 1. The van der Waals surface area contributed by atoms with Gasteiger partial charge in [0.25, 0.3) is 17.0 Å². The smallest absolute Gasteiger partial charge is 0.340 e. The van der Waals surface area contributed by atoms with E-state index in [4.69, 9.17) is 38.8 Å². The van der Waals surface area contributed by atoms with Gasteiger partial charge in [-0.2, -0.15) is 4.57 Å². The van der Waals surface area contributed by atoms with Gasteiger partial charge in [0.1, 0.15) is 42.2 Å². The summed E-state index contributed by atoms with van der Waals surface area (Å²) < 4.78 is 59.4. The minimum Gasteiger partial charge on any atom is -0.457 e. The number of hydrogen-bond donors (Lipinski definition) is 2. The van der Waals surface area contributed by atoms with Crippen molar-refractivity contribution in [2.45, 2.75) is 129 Å². The number of aromatic nitrogens is 4. The van der Waals surface area contributed by atoms with E-state index < -0.39 is 112 Å². The molecule has 472 valence electrons. The Morgan fingerprint density at radius 1 is 0.810 bits per heavy atom. The summed E-state index contributed by atoms with van der Waals surface area (Å²) in [6.45, 7) is 15.6. The van der Waals surface area contributed by atoms with Crippen LogP contribution in [-0.2, 0) is 41.8 Å². The molecule has 2 aliphatic heterocycles. The molecule has 3 unspecified atom stereocenters. The lowest BCUT2D eigenvalue weighted by molar-refractivity contribution is -0.156. The summed E-state index contributed by atoms with van der Waals surface area (Å²) in [5.41, 5.74) is -2.42. The second-order valence-electron chi connectivity index (χ2n) is 19.9. The second-order valence-corrected chi connectivity index (χ2v) is 26.7. The van der Waals surface area contributed by atoms with Crippen molar-refractivity contribution >= 4 is 33.6 Å². The van der Waals surface area contributed by atoms with E-state index in [-0.39, 0.29) is 73.3 Å². The highest BCUT2D eigenvalue weighted by Gasteiger charge is 2.54. The summed E-state index contributed by atoms with van der Waals surface area (Å²) in [6, 6.07) is 3.71. The number of ketones is 1. The first-order valence-electron chi connectivity index (χ1n) is 25.4. The van der Waals surface area contributed by atoms with Crippen molar-refractivity contribution in [2.24, 2.45) is 0 Å². The number of aliphatic hydroxyl groups is 1. The molecule has 2 aliphatic rings. The first-order valence-corrected chi connectivity index (χ1v) is 30.3. The zero-order valence-corrected chi connectivity index (χ0v) is 49.3. The number of Topliss-reactive ketones (excluding diaryl/α,β-unsaturated/α-hetero) is 1. The summed E-state index contributed by atoms with van der Waals surface area (Å²) in [4.78, 5) is 95.3. The van der Waals surface area contributed by atoms with E-state index in [9.17, 15) is 43.2 Å². The highest BCUT2D eigenvalue weighted by Crippen LogP contribution is 2.50. The Hall–Kier alpha value is -9.44. The topological polar surface area (TPSA) is 252 Å². The molecule has 5 rings (SSSR count). The average molecular weight is 1220 g/mol. The fourth-order valence-corrected chi connectivity index (χ4v) is 9.98. The summed E-state index contributed by atoms with van der Waals surface area (Å²) in [5, 5.41) is 9.71. The fraction of sp³-hybridized carbons (Fsp3) is 0.371. The SMILES string of the molecule is C#CC#CC#CC#CC#CC#CC#CC#CC#CC#CC#COc1cc(C(=O)n2c(=O)ccn([C@@H]3O[C@H](COP(C)(=O)OC4C[C@H](n5cc(C)c(=O)[nH]c5=O)O[C@@H]4CO)C(OC(=O)CCC(C)=O)[C@@H]3O[Si](C)(C)C(C)(C)C)c2=O)cc(C)c1C.[HH].[HH].[HH].[HH].[HH].[HH].[HH].[HH].[HH].[HH].[HH].[HH].[HH].[HH].[HH].[HH].[HH].[HH].[HH].[HH].[HH].[HH]. The number of nitrogens with zero attached hydrogens (tertiary/aromatic N) is 3. The maximum atomic E-state index is 14.7. The number of hydrogen-bond acceptors (Lipinski definition) is 16. The van der Waals surface area contributed by atoms with E-state index in [2.05, 4.69) is 129 Å². The first-order chi connectivity index (χ1) is 39.8. The highest BCUT2D eigenvalue weighted by molar-refractivity contribution is 7.53. The van der Waals surface area contributed by atoms with Crippen LogP contribution in [0.2, 0.25) is 18.1 Å². The molecule has 0 radical (unpaired) electrons. The number of benzene rings is 1. The molecule has 0 saturated carbocycles. The molecule has 2 aromatic heterocycles. The van der Waals surface area contributed by atoms with Crippen LogP contribution in [0.3, 0.4) is 0 Å². The van der Waals surface area contributed by atoms with Crippen molar-refractivity contribution in [1.82, 2.24) is 18.7 Å². The van der Waals surface area contributed by atoms with Gasteiger partial charge < -0.3 is 42.3 Å². The van der Waals surface area contributed by atoms with E-state index in [1.54, 1.807) is 13.8 Å². The van der Waals surface area contributed by atoms with Crippen LogP contribution in [0.15, 0.2) is 49.8 Å². The van der Waals surface area contributed by atoms with Crippen molar-refractivity contribution in [1.29, 1.82) is 0 Å². The molecule has 0 bridgehead atoms. The van der Waals surface area contributed by atoms with Crippen LogP contribution in [0.25, 0.3) is 0 Å². The Morgan fingerprint density at radius 2 is 1.38 bits per heavy atom. The highest BCUT2D eigenvalue weighted by atomic mass is 31.2. The normalized spacial score (nSPS) is 18.7. The van der Waals surface area contributed by atoms with E-state index in [1.165, 1.54) is 32.2 Å². The summed E-state index contributed by atoms with van der Waals surface area (Å²) in [7, 11) is -7.17. The third-order valence-electron chi connectivity index (χ3n) is 12.9. The van der Waals surface area contributed by atoms with Gasteiger partial charge in [-0.1, -0.05) is 20.8 Å². The Bertz CT molecular complexity index is 4230. The molecule has 3 aromatic rings. The van der Waals surface area contributed by atoms with Crippen LogP contribution in [0.4, 0.5) is 0 Å². The lowest BCUT2D eigenvalue weighted by Gasteiger charge is -2.40. The molecule has 0 aliphatic carbocycles. The molecule has 8 atom stereocenters. The number of carbonyl (C=O) groups is 3. The molecule has 84 heavy (non-hydrogen) atoms. The quantitative estimate of drug-likeness (QED) is 0.0589. The van der Waals surface area contributed by atoms with E-state index in [0.29, 0.717) is 15.7 Å². The number of carbonyl (C=O) groups excluding carboxylic acids is 3. The van der Waals surface area contributed by atoms with E-state index in [1.807, 2.05) is 33.9 Å². The number of rotatable bonds is 16. The van der Waals surface area contributed by atoms with Gasteiger partial charge in [-0.05, 0) is 116 Å². The Morgan fingerprint density at radius 3 is 1.93 bits per heavy atom. The number of aryl methyl sites for hydroxylation is 2. The number of terminal acetylenes is 1. The number of aromatic amines is 1. The number of nitrogens with one attached hydrogen (secondary N) is 1. The molecule has 0 spiro atoms. The molecule has 0 amide bonds. The maximum Gasteiger partial charge on any atom is 0.340 e. The molecule has 2 N–H and O–H groups in total. The van der Waals surface area contributed by atoms with Crippen LogP contribution < -0.4 is 27.2 Å². The predicted molar refractivity (Wildman–Crippen MR) is 356 cm³/mol. The monoisotopic (exact) mass is 1210 g/mol. The number of ether oxygens (including phenoxy) is 4. The predicted octanol–water partition coefficient (Wildman–Crippen LogP) is 8.66. The zero-order chi connectivity index (χ0) is 61.8. The van der Waals surface area contributed by atoms with Crippen molar-refractivity contribution in [3.8, 4) is 137 Å². The second kappa shape index (κ2) is 30.0. The fourth-order valence-electron chi connectivity index (χ4n) is 7.50. The third-order valence-corrected chi connectivity index (χ3v) is 18.6. The van der Waals surface area contributed by atoms with Gasteiger partial charge in [0.2, 0.25) is 0 Å². The zero-order valence-electron chi connectivity index (χ0n) is 47.4. The maximum absolute atomic E-state index is 14.7. The Kier molecular flexibility index (Phi) is 23.4. The van der Waals surface area contributed by atoms with Gasteiger partial charge in [0, 0.05) is 152 Å². The van der Waals surface area contributed by atoms with Gasteiger partial charge in [0.15, 0.2) is 20.6 Å². The van der Waals surface area contributed by atoms with Gasteiger partial charge in [-0.15, -0.1) is 6.42 Å². The Labute approximate surface area is 519 Å². The lowest BCUT2D eigenvalue weighted by Crippen LogP contribution is -2.51. The van der Waals surface area contributed by atoms with E-state index >= 15 is 0 Å². The number of aliphatic hydroxyl groups excluding tert-OH is 1. The summed E-state index contributed by atoms with van der Waals surface area (Å²) >= 11 is 0. The summed E-state index contributed by atoms with van der Waals surface area (Å²) in [6.07, 6.45) is 0.139. The van der Waals surface area contributed by atoms with Gasteiger partial charge >= 0.3 is 24.9 Å². The molecule has 1 aromatic carbocycles. The standard InChI is InChI=1S/C62H55N4O16PSi.22H2/c1-12-13-14-15-16-17-18-19-20-21-22-23-24-25-26-27-28-29-30-31-36-76-48-38-47(37-43(2)46(48)5)58(72)66-52(69)34-35-64(61(66)74)59-56(82-84(10,11)62(6,7)8)55(80-54(70)33-32-45(4)68)51(79-59)42-77-83(9,75)81-49-39-53(78-50(49)41-67)65-40-44(3)57(71)63-60(65)73;;;;;;;;;;;;;;;;;;;;;;/h1,34-35,37-38,40,49-51,53,55-56,59,67H,32-33,39,41-42H2,2-11H3,(H,63,71,73);22*1H/t49?,50-,51-,53-,55?,56+,59-,83?;;;;;;;;;;;;;;;;;;;;;;/m1....................../s1. The molecular formula is C62H99N4O16PSi. The summed E-state index contributed by atoms with van der Waals surface area (Å²) in [5.74, 6) is 46.8. The van der Waals surface area contributed by atoms with Crippen LogP contribution in [-0.4, -0.2) is 100 Å². The molecule has 4 heterocycles. The molecule has 20 nitrogen and oxygen atoms in total. The average Bonchev–Trinajstić information content (AvgIpc) is 1.53. The Balaban J connectivity index is -0.000000220. The van der Waals surface area contributed by atoms with Crippen molar-refractivity contribution < 1.29 is 87.9 Å². The van der Waals surface area contributed by atoms with Crippen molar-refractivity contribution in [2.75, 3.05) is 19.9 Å². The first kappa shape index (κ1) is 65.4. The molecule has 22 heteroatoms. The lowest BCUT2D eigenvalue weighted by atomic mass is 10.0. The minimum atomic E-state index is -4.21. The molecule has 2 saturated heterocycles. The molecular weight excluding hydrogens is 1120 g/mol. The number of H-pyrrole nitrogens is 1. The van der Waals surface area contributed by atoms with Gasteiger partial charge in [0.05, 0.1) is 25.7 Å². The van der Waals surface area contributed by atoms with Crippen molar-refractivity contribution in [3.05, 3.63) is 94.5 Å². The van der Waals surface area contributed by atoms with E-state index in [0.717, 1.165) is 28.1 Å². The largest absolute Gasteiger partial charge is 0.457 e. The van der Waals surface area contributed by atoms with Gasteiger partial charge in [-0.3, -0.25) is 37.9 Å². The van der Waals surface area contributed by atoms with Crippen LogP contribution in [0.1, 0.15) is 118 Å². The van der Waals surface area contributed by atoms with Crippen LogP contribution in [0.5, 0.6) is 5.75 Å². The van der Waals surface area contributed by atoms with Gasteiger partial charge in [-0.25, -0.2) is 9.59 Å². The third kappa shape index (κ3) is 18.3. The molecule has 2 fully saturated rings. The van der Waals surface area contributed by atoms with Crippen LogP contribution >= 0.6 is 7.60 Å².